The van der Waals surface area contributed by atoms with Crippen LogP contribution in [0.2, 0.25) is 5.02 Å². The molecule has 0 saturated carbocycles. The van der Waals surface area contributed by atoms with Crippen LogP contribution in [-0.2, 0) is 0 Å². The first-order valence-electron chi connectivity index (χ1n) is 6.58. The molecule has 19 heavy (non-hydrogen) atoms. The lowest BCUT2D eigenvalue weighted by Gasteiger charge is -2.13. The van der Waals surface area contributed by atoms with Gasteiger partial charge in [-0.3, -0.25) is 4.79 Å². The van der Waals surface area contributed by atoms with Crippen molar-refractivity contribution in [2.24, 2.45) is 0 Å². The van der Waals surface area contributed by atoms with Crippen molar-refractivity contribution in [2.45, 2.75) is 32.1 Å². The maximum atomic E-state index is 12.0. The summed E-state index contributed by atoms with van der Waals surface area (Å²) in [6, 6.07) is 5.34. The Morgan fingerprint density at radius 2 is 2.21 bits per heavy atom. The summed E-state index contributed by atoms with van der Waals surface area (Å²) in [5.74, 6) is -0.0162. The van der Waals surface area contributed by atoms with Crippen LogP contribution < -0.4 is 5.32 Å². The molecule has 1 amide bonds. The van der Waals surface area contributed by atoms with Crippen molar-refractivity contribution in [3.05, 3.63) is 44.0 Å². The summed E-state index contributed by atoms with van der Waals surface area (Å²) in [6.07, 6.45) is 8.26. The molecule has 1 N–H and O–H groups in total. The summed E-state index contributed by atoms with van der Waals surface area (Å²) >= 11 is 8.02. The van der Waals surface area contributed by atoms with Gasteiger partial charge in [-0.25, -0.2) is 0 Å². The summed E-state index contributed by atoms with van der Waals surface area (Å²) < 4.78 is 0.888. The first-order valence-corrected chi connectivity index (χ1v) is 8.03. The van der Waals surface area contributed by atoms with E-state index in [1.165, 1.54) is 31.3 Å². The van der Waals surface area contributed by atoms with Crippen LogP contribution in [0, 0.1) is 3.57 Å². The minimum absolute atomic E-state index is 0.0162. The smallest absolute Gasteiger partial charge is 0.252 e. The Balaban J connectivity index is 1.85. The summed E-state index contributed by atoms with van der Waals surface area (Å²) in [7, 11) is 0. The van der Waals surface area contributed by atoms with E-state index in [0.717, 1.165) is 9.99 Å². The Morgan fingerprint density at radius 1 is 1.37 bits per heavy atom. The fourth-order valence-corrected chi connectivity index (χ4v) is 3.35. The van der Waals surface area contributed by atoms with Crippen LogP contribution in [0.1, 0.15) is 42.5 Å². The third-order valence-corrected chi connectivity index (χ3v) is 4.42. The molecule has 0 aliphatic heterocycles. The predicted molar refractivity (Wildman–Crippen MR) is 87.7 cm³/mol. The molecular formula is C15H17ClINO. The van der Waals surface area contributed by atoms with E-state index in [2.05, 4.69) is 34.0 Å². The van der Waals surface area contributed by atoms with Gasteiger partial charge in [0.1, 0.15) is 0 Å². The summed E-state index contributed by atoms with van der Waals surface area (Å²) in [5, 5.41) is 3.64. The molecule has 0 atom stereocenters. The zero-order valence-corrected chi connectivity index (χ0v) is 13.6. The normalized spacial score (nSPS) is 14.9. The molecule has 0 bridgehead atoms. The van der Waals surface area contributed by atoms with Gasteiger partial charge in [-0.05, 0) is 72.9 Å². The maximum Gasteiger partial charge on any atom is 0.252 e. The zero-order chi connectivity index (χ0) is 13.7. The van der Waals surface area contributed by atoms with Gasteiger partial charge in [0.2, 0.25) is 0 Å². The van der Waals surface area contributed by atoms with Gasteiger partial charge in [-0.1, -0.05) is 23.3 Å². The second kappa shape index (κ2) is 7.29. The Hall–Kier alpha value is -0.550. The summed E-state index contributed by atoms with van der Waals surface area (Å²) in [6.45, 7) is 0.712. The van der Waals surface area contributed by atoms with Gasteiger partial charge in [0.15, 0.2) is 0 Å². The van der Waals surface area contributed by atoms with E-state index < -0.39 is 0 Å². The van der Waals surface area contributed by atoms with Crippen LogP contribution in [-0.4, -0.2) is 12.5 Å². The van der Waals surface area contributed by atoms with Crippen molar-refractivity contribution >= 4 is 40.1 Å². The monoisotopic (exact) mass is 389 g/mol. The standard InChI is InChI=1S/C15H17ClINO/c16-12-6-7-13(14(17)10-12)15(19)18-9-8-11-4-2-1-3-5-11/h4,6-7,10H,1-3,5,8-9H2,(H,18,19). The Kier molecular flexibility index (Phi) is 5.70. The minimum Gasteiger partial charge on any atom is -0.352 e. The number of amides is 1. The summed E-state index contributed by atoms with van der Waals surface area (Å²) in [4.78, 5) is 12.0. The number of carbonyl (C=O) groups excluding carboxylic acids is 1. The molecule has 1 aromatic rings. The van der Waals surface area contributed by atoms with Gasteiger partial charge < -0.3 is 5.32 Å². The van der Waals surface area contributed by atoms with Gasteiger partial charge in [-0.15, -0.1) is 0 Å². The minimum atomic E-state index is -0.0162. The van der Waals surface area contributed by atoms with Gasteiger partial charge in [0.05, 0.1) is 5.56 Å². The molecule has 0 radical (unpaired) electrons. The highest BCUT2D eigenvalue weighted by atomic mass is 127. The molecule has 0 fully saturated rings. The number of rotatable bonds is 4. The third-order valence-electron chi connectivity index (χ3n) is 3.29. The van der Waals surface area contributed by atoms with Crippen molar-refractivity contribution in [1.29, 1.82) is 0 Å². The molecule has 2 nitrogen and oxygen atoms in total. The topological polar surface area (TPSA) is 29.1 Å². The van der Waals surface area contributed by atoms with Gasteiger partial charge in [0, 0.05) is 15.1 Å². The van der Waals surface area contributed by atoms with Crippen LogP contribution in [0.4, 0.5) is 0 Å². The number of allylic oxidation sites excluding steroid dienone is 1. The number of halogens is 2. The van der Waals surface area contributed by atoms with Crippen molar-refractivity contribution in [3.8, 4) is 0 Å². The first kappa shape index (κ1) is 14.9. The third kappa shape index (κ3) is 4.49. The largest absolute Gasteiger partial charge is 0.352 e. The van der Waals surface area contributed by atoms with E-state index in [0.29, 0.717) is 17.1 Å². The van der Waals surface area contributed by atoms with Crippen LogP contribution in [0.25, 0.3) is 0 Å². The van der Waals surface area contributed by atoms with E-state index in [1.807, 2.05) is 0 Å². The zero-order valence-electron chi connectivity index (χ0n) is 10.7. The van der Waals surface area contributed by atoms with Crippen molar-refractivity contribution < 1.29 is 4.79 Å². The Bertz CT molecular complexity index is 499. The van der Waals surface area contributed by atoms with Crippen molar-refractivity contribution in [1.82, 2.24) is 5.32 Å². The van der Waals surface area contributed by atoms with E-state index in [9.17, 15) is 4.79 Å². The van der Waals surface area contributed by atoms with E-state index in [1.54, 1.807) is 18.2 Å². The fourth-order valence-electron chi connectivity index (χ4n) is 2.24. The van der Waals surface area contributed by atoms with Crippen LogP contribution in [0.3, 0.4) is 0 Å². The van der Waals surface area contributed by atoms with Crippen molar-refractivity contribution in [2.75, 3.05) is 6.54 Å². The number of carbonyl (C=O) groups is 1. The second-order valence-electron chi connectivity index (χ2n) is 4.74. The Morgan fingerprint density at radius 3 is 2.89 bits per heavy atom. The SMILES string of the molecule is O=C(NCCC1=CCCCC1)c1ccc(Cl)cc1I. The van der Waals surface area contributed by atoms with E-state index in [-0.39, 0.29) is 5.91 Å². The molecule has 2 rings (SSSR count). The van der Waals surface area contributed by atoms with E-state index in [4.69, 9.17) is 11.6 Å². The second-order valence-corrected chi connectivity index (χ2v) is 6.34. The number of benzene rings is 1. The first-order chi connectivity index (χ1) is 9.16. The molecule has 4 heteroatoms. The van der Waals surface area contributed by atoms with Crippen LogP contribution >= 0.6 is 34.2 Å². The average Bonchev–Trinajstić information content (AvgIpc) is 2.39. The maximum absolute atomic E-state index is 12.0. The molecule has 0 unspecified atom stereocenters. The lowest BCUT2D eigenvalue weighted by Crippen LogP contribution is -2.25. The fraction of sp³-hybridized carbons (Fsp3) is 0.400. The molecule has 0 spiro atoms. The molecule has 1 aromatic carbocycles. The lowest BCUT2D eigenvalue weighted by atomic mass is 9.97. The Labute approximate surface area is 132 Å². The van der Waals surface area contributed by atoms with Gasteiger partial charge >= 0.3 is 0 Å². The molecule has 102 valence electrons. The highest BCUT2D eigenvalue weighted by molar-refractivity contribution is 14.1. The quantitative estimate of drug-likeness (QED) is 0.593. The predicted octanol–water partition coefficient (Wildman–Crippen LogP) is 4.56. The average molecular weight is 390 g/mol. The summed E-state index contributed by atoms with van der Waals surface area (Å²) in [5.41, 5.74) is 2.18. The van der Waals surface area contributed by atoms with Crippen molar-refractivity contribution in [3.63, 3.8) is 0 Å². The van der Waals surface area contributed by atoms with Crippen LogP contribution in [0.15, 0.2) is 29.8 Å². The molecule has 1 aliphatic rings. The van der Waals surface area contributed by atoms with Gasteiger partial charge in [-0.2, -0.15) is 0 Å². The lowest BCUT2D eigenvalue weighted by molar-refractivity contribution is 0.0953. The van der Waals surface area contributed by atoms with Gasteiger partial charge in [0.25, 0.3) is 5.91 Å². The number of hydrogen-bond donors (Lipinski definition) is 1. The van der Waals surface area contributed by atoms with E-state index >= 15 is 0 Å². The van der Waals surface area contributed by atoms with Crippen LogP contribution in [0.5, 0.6) is 0 Å². The molecule has 0 saturated heterocycles. The number of hydrogen-bond acceptors (Lipinski definition) is 1. The number of nitrogens with one attached hydrogen (secondary N) is 1. The highest BCUT2D eigenvalue weighted by Crippen LogP contribution is 2.20. The molecule has 0 aromatic heterocycles. The highest BCUT2D eigenvalue weighted by Gasteiger charge is 2.10. The molecule has 0 heterocycles. The molecular weight excluding hydrogens is 373 g/mol. The molecule has 1 aliphatic carbocycles.